The van der Waals surface area contributed by atoms with Crippen molar-refractivity contribution in [2.24, 2.45) is 23.7 Å². The Hall–Kier alpha value is -3.94. The lowest BCUT2D eigenvalue weighted by molar-refractivity contribution is -0.138. The third-order valence-electron chi connectivity index (χ3n) is 7.39. The molecule has 0 spiro atoms. The zero-order chi connectivity index (χ0) is 26.4. The minimum absolute atomic E-state index is 0.0876. The highest BCUT2D eigenvalue weighted by Crippen LogP contribution is 2.48. The molecule has 2 aliphatic rings. The summed E-state index contributed by atoms with van der Waals surface area (Å²) in [4.78, 5) is 52.3. The molecule has 1 fully saturated rings. The van der Waals surface area contributed by atoms with E-state index in [2.05, 4.69) is 21.3 Å². The van der Waals surface area contributed by atoms with Crippen LogP contribution < -0.4 is 21.3 Å². The van der Waals surface area contributed by atoms with Crippen LogP contribution in [0.4, 0.5) is 0 Å². The molecule has 0 aromatic heterocycles. The van der Waals surface area contributed by atoms with Gasteiger partial charge in [0, 0.05) is 26.9 Å². The maximum Gasteiger partial charge on any atom is 0.242 e. The summed E-state index contributed by atoms with van der Waals surface area (Å²) in [6.45, 7) is 0. The molecule has 1 saturated carbocycles. The molecule has 194 valence electrons. The summed E-state index contributed by atoms with van der Waals surface area (Å²) in [5.74, 6) is -2.62. The molecule has 4 rings (SSSR count). The van der Waals surface area contributed by atoms with Crippen molar-refractivity contribution in [3.8, 4) is 0 Å². The molecule has 8 nitrogen and oxygen atoms in total. The van der Waals surface area contributed by atoms with Crippen molar-refractivity contribution in [3.05, 3.63) is 83.9 Å². The third kappa shape index (κ3) is 6.07. The molecular weight excluding hydrogens is 468 g/mol. The van der Waals surface area contributed by atoms with Gasteiger partial charge in [-0.25, -0.2) is 0 Å². The van der Waals surface area contributed by atoms with Crippen LogP contribution in [0.25, 0.3) is 0 Å². The highest BCUT2D eigenvalue weighted by Gasteiger charge is 2.52. The molecule has 2 aromatic rings. The Morgan fingerprint density at radius 1 is 0.676 bits per heavy atom. The van der Waals surface area contributed by atoms with Crippen LogP contribution in [0.3, 0.4) is 0 Å². The Bertz CT molecular complexity index is 1060. The van der Waals surface area contributed by atoms with Crippen LogP contribution in [0.5, 0.6) is 0 Å². The van der Waals surface area contributed by atoms with Crippen LogP contribution in [-0.2, 0) is 32.0 Å². The molecule has 4 amide bonds. The van der Waals surface area contributed by atoms with Crippen molar-refractivity contribution < 1.29 is 19.2 Å². The number of hydrogen-bond acceptors (Lipinski definition) is 4. The van der Waals surface area contributed by atoms with Gasteiger partial charge in [-0.05, 0) is 29.4 Å². The molecule has 4 N–H and O–H groups in total. The largest absolute Gasteiger partial charge is 0.357 e. The van der Waals surface area contributed by atoms with Crippen molar-refractivity contribution in [2.45, 2.75) is 31.3 Å². The molecule has 0 saturated heterocycles. The van der Waals surface area contributed by atoms with E-state index in [-0.39, 0.29) is 35.5 Å². The Morgan fingerprint density at radius 3 is 1.41 bits per heavy atom. The Morgan fingerprint density at radius 2 is 1.05 bits per heavy atom. The van der Waals surface area contributed by atoms with Crippen LogP contribution in [0, 0.1) is 23.7 Å². The van der Waals surface area contributed by atoms with Crippen LogP contribution >= 0.6 is 0 Å². The second kappa shape index (κ2) is 11.9. The van der Waals surface area contributed by atoms with E-state index in [1.165, 1.54) is 14.1 Å². The van der Waals surface area contributed by atoms with E-state index in [0.717, 1.165) is 11.1 Å². The van der Waals surface area contributed by atoms with Crippen molar-refractivity contribution >= 4 is 23.6 Å². The van der Waals surface area contributed by atoms with Crippen molar-refractivity contribution in [1.82, 2.24) is 21.3 Å². The highest BCUT2D eigenvalue weighted by molar-refractivity contribution is 5.94. The van der Waals surface area contributed by atoms with Crippen LogP contribution in [0.2, 0.25) is 0 Å². The SMILES string of the molecule is CNC(=O)[C@H](Cc1ccccc1)NC(=O)[C@@H]1[C@H](C(=O)N[C@@H](Cc2ccccc2)C(=O)NC)[C@@H]2C=C[C@H]1C2. The maximum atomic E-state index is 13.6. The van der Waals surface area contributed by atoms with E-state index >= 15 is 0 Å². The van der Waals surface area contributed by atoms with E-state index in [1.807, 2.05) is 72.8 Å². The fourth-order valence-electron chi connectivity index (χ4n) is 5.54. The molecule has 2 bridgehead atoms. The third-order valence-corrected chi connectivity index (χ3v) is 7.39. The van der Waals surface area contributed by atoms with Gasteiger partial charge in [0.25, 0.3) is 0 Å². The van der Waals surface area contributed by atoms with Gasteiger partial charge in [-0.1, -0.05) is 72.8 Å². The molecule has 0 radical (unpaired) electrons. The number of likely N-dealkylation sites (N-methyl/N-ethyl adjacent to an activating group) is 2. The first-order chi connectivity index (χ1) is 17.9. The molecule has 2 aromatic carbocycles. The van der Waals surface area contributed by atoms with Gasteiger partial charge >= 0.3 is 0 Å². The van der Waals surface area contributed by atoms with Gasteiger partial charge in [-0.15, -0.1) is 0 Å². The summed E-state index contributed by atoms with van der Waals surface area (Å²) in [6, 6.07) is 17.4. The highest BCUT2D eigenvalue weighted by atomic mass is 16.2. The Balaban J connectivity index is 1.50. The second-order valence-corrected chi connectivity index (χ2v) is 9.73. The first kappa shape index (κ1) is 26.1. The number of allylic oxidation sites excluding steroid dienone is 2. The lowest BCUT2D eigenvalue weighted by Crippen LogP contribution is -2.54. The van der Waals surface area contributed by atoms with Gasteiger partial charge in [0.05, 0.1) is 11.8 Å². The summed E-state index contributed by atoms with van der Waals surface area (Å²) in [7, 11) is 3.07. The van der Waals surface area contributed by atoms with E-state index in [0.29, 0.717) is 19.3 Å². The van der Waals surface area contributed by atoms with Crippen molar-refractivity contribution in [3.63, 3.8) is 0 Å². The molecule has 0 unspecified atom stereocenters. The molecule has 0 heterocycles. The molecule has 8 heteroatoms. The maximum absolute atomic E-state index is 13.6. The monoisotopic (exact) mass is 502 g/mol. The molecule has 2 aliphatic carbocycles. The number of rotatable bonds is 10. The van der Waals surface area contributed by atoms with Crippen LogP contribution in [0.15, 0.2) is 72.8 Å². The average molecular weight is 503 g/mol. The van der Waals surface area contributed by atoms with Crippen molar-refractivity contribution in [1.29, 1.82) is 0 Å². The lowest BCUT2D eigenvalue weighted by atomic mass is 9.81. The Kier molecular flexibility index (Phi) is 8.38. The van der Waals surface area contributed by atoms with Gasteiger partial charge in [-0.3, -0.25) is 19.2 Å². The van der Waals surface area contributed by atoms with E-state index in [4.69, 9.17) is 0 Å². The standard InChI is InChI=1S/C29H34N4O4/c1-30-26(34)22(15-18-9-5-3-6-10-18)32-28(36)24-20-13-14-21(17-20)25(24)29(37)33-23(27(35)31-2)16-19-11-7-4-8-12-19/h3-14,20-25H,15-17H2,1-2H3,(H,30,34)(H,31,35)(H,32,36)(H,33,37)/t20-,21+,22-,23-,24-,25+/m0/s1. The van der Waals surface area contributed by atoms with Gasteiger partial charge in [0.2, 0.25) is 23.6 Å². The quantitative estimate of drug-likeness (QED) is 0.367. The predicted molar refractivity (Wildman–Crippen MR) is 140 cm³/mol. The number of carbonyl (C=O) groups is 4. The first-order valence-corrected chi connectivity index (χ1v) is 12.7. The number of amides is 4. The summed E-state index contributed by atoms with van der Waals surface area (Å²) in [5.41, 5.74) is 1.85. The fraction of sp³-hybridized carbons (Fsp3) is 0.379. The zero-order valence-corrected chi connectivity index (χ0v) is 21.1. The van der Waals surface area contributed by atoms with Gasteiger partial charge in [-0.2, -0.15) is 0 Å². The summed E-state index contributed by atoms with van der Waals surface area (Å²) < 4.78 is 0. The van der Waals surface area contributed by atoms with Gasteiger partial charge < -0.3 is 21.3 Å². The van der Waals surface area contributed by atoms with E-state index in [9.17, 15) is 19.2 Å². The first-order valence-electron chi connectivity index (χ1n) is 12.7. The smallest absolute Gasteiger partial charge is 0.242 e. The normalized spacial score (nSPS) is 23.1. The predicted octanol–water partition coefficient (Wildman–Crippen LogP) is 1.37. The number of benzene rings is 2. The molecule has 6 atom stereocenters. The summed E-state index contributed by atoms with van der Waals surface area (Å²) in [5, 5.41) is 11.1. The average Bonchev–Trinajstić information content (AvgIpc) is 3.55. The van der Waals surface area contributed by atoms with Gasteiger partial charge in [0.1, 0.15) is 12.1 Å². The van der Waals surface area contributed by atoms with Crippen LogP contribution in [0.1, 0.15) is 17.5 Å². The lowest BCUT2D eigenvalue weighted by Gasteiger charge is -2.29. The number of nitrogens with one attached hydrogen (secondary N) is 4. The summed E-state index contributed by atoms with van der Waals surface area (Å²) >= 11 is 0. The minimum Gasteiger partial charge on any atom is -0.357 e. The zero-order valence-electron chi connectivity index (χ0n) is 21.1. The number of hydrogen-bond donors (Lipinski definition) is 4. The molecule has 0 aliphatic heterocycles. The fourth-order valence-corrected chi connectivity index (χ4v) is 5.54. The summed E-state index contributed by atoms with van der Waals surface area (Å²) in [6.07, 6.45) is 5.37. The minimum atomic E-state index is -0.761. The molecular formula is C29H34N4O4. The topological polar surface area (TPSA) is 116 Å². The Labute approximate surface area is 217 Å². The van der Waals surface area contributed by atoms with Crippen LogP contribution in [-0.4, -0.2) is 49.8 Å². The van der Waals surface area contributed by atoms with Gasteiger partial charge in [0.15, 0.2) is 0 Å². The van der Waals surface area contributed by atoms with E-state index in [1.54, 1.807) is 0 Å². The number of carbonyl (C=O) groups excluding carboxylic acids is 4. The second-order valence-electron chi connectivity index (χ2n) is 9.73. The van der Waals surface area contributed by atoms with Crippen molar-refractivity contribution in [2.75, 3.05) is 14.1 Å². The molecule has 37 heavy (non-hydrogen) atoms. The van der Waals surface area contributed by atoms with E-state index < -0.39 is 23.9 Å². The number of fused-ring (bicyclic) bond motifs is 2.